The summed E-state index contributed by atoms with van der Waals surface area (Å²) in [4.78, 5) is 13.5. The van der Waals surface area contributed by atoms with Gasteiger partial charge in [0.1, 0.15) is 0 Å². The van der Waals surface area contributed by atoms with Crippen LogP contribution in [0.25, 0.3) is 0 Å². The third-order valence-corrected chi connectivity index (χ3v) is 4.46. The fourth-order valence-corrected chi connectivity index (χ4v) is 3.17. The number of halogens is 2. The van der Waals surface area contributed by atoms with E-state index in [1.54, 1.807) is 7.05 Å². The number of benzene rings is 1. The topological polar surface area (TPSA) is 63.7 Å². The second-order valence-corrected chi connectivity index (χ2v) is 7.20. The van der Waals surface area contributed by atoms with Crippen molar-refractivity contribution in [2.45, 2.75) is 11.8 Å². The van der Waals surface area contributed by atoms with Gasteiger partial charge in [-0.1, -0.05) is 11.6 Å². The van der Waals surface area contributed by atoms with Gasteiger partial charge in [-0.2, -0.15) is 0 Å². The molecular weight excluding hydrogens is 325 g/mol. The van der Waals surface area contributed by atoms with Crippen LogP contribution in [0.3, 0.4) is 0 Å². The number of methoxy groups -OCH3 is 1. The summed E-state index contributed by atoms with van der Waals surface area (Å²) in [6.45, 7) is 2.27. The molecule has 1 aromatic rings. The summed E-state index contributed by atoms with van der Waals surface area (Å²) >= 11 is 5.86. The predicted octanol–water partition coefficient (Wildman–Crippen LogP) is 2.29. The highest BCUT2D eigenvalue weighted by atomic mass is 35.7. The van der Waals surface area contributed by atoms with E-state index in [1.165, 1.54) is 31.1 Å². The summed E-state index contributed by atoms with van der Waals surface area (Å²) in [5.41, 5.74) is 0.481. The fourth-order valence-electron chi connectivity index (χ4n) is 1.66. The van der Waals surface area contributed by atoms with E-state index in [9.17, 15) is 13.2 Å². The SMILES string of the molecule is COCCN(C)C(=O)c1cc(Cl)cc(S(=O)(=O)Cl)c1C. The van der Waals surface area contributed by atoms with Crippen molar-refractivity contribution in [1.82, 2.24) is 4.90 Å². The second-order valence-electron chi connectivity index (χ2n) is 4.23. The summed E-state index contributed by atoms with van der Waals surface area (Å²) in [5, 5.41) is 0.137. The first kappa shape index (κ1) is 17.2. The molecule has 0 saturated carbocycles. The Morgan fingerprint density at radius 3 is 2.50 bits per heavy atom. The Hall–Kier alpha value is -0.820. The van der Waals surface area contributed by atoms with Crippen LogP contribution < -0.4 is 0 Å². The molecule has 0 aromatic heterocycles. The molecule has 0 saturated heterocycles. The average molecular weight is 340 g/mol. The normalized spacial score (nSPS) is 11.4. The monoisotopic (exact) mass is 339 g/mol. The maximum atomic E-state index is 12.3. The highest BCUT2D eigenvalue weighted by Crippen LogP contribution is 2.27. The number of carbonyl (C=O) groups is 1. The molecule has 8 heteroatoms. The minimum Gasteiger partial charge on any atom is -0.383 e. The van der Waals surface area contributed by atoms with E-state index in [0.29, 0.717) is 13.2 Å². The molecule has 0 aliphatic heterocycles. The van der Waals surface area contributed by atoms with Gasteiger partial charge >= 0.3 is 0 Å². The summed E-state index contributed by atoms with van der Waals surface area (Å²) in [6, 6.07) is 2.65. The largest absolute Gasteiger partial charge is 0.383 e. The highest BCUT2D eigenvalue weighted by molar-refractivity contribution is 8.13. The Bertz CT molecular complexity index is 616. The van der Waals surface area contributed by atoms with Gasteiger partial charge in [-0.3, -0.25) is 4.79 Å². The number of likely N-dealkylation sites (N-methyl/N-ethyl adjacent to an activating group) is 1. The lowest BCUT2D eigenvalue weighted by Crippen LogP contribution is -2.30. The molecule has 1 aromatic carbocycles. The van der Waals surface area contributed by atoms with Gasteiger partial charge < -0.3 is 9.64 Å². The lowest BCUT2D eigenvalue weighted by Gasteiger charge is -2.19. The predicted molar refractivity (Wildman–Crippen MR) is 78.1 cm³/mol. The Morgan fingerprint density at radius 1 is 1.40 bits per heavy atom. The standard InChI is InChI=1S/C12H15Cl2NO4S/c1-8-10(12(16)15(2)4-5-19-3)6-9(13)7-11(8)20(14,17)18/h6-7H,4-5H2,1-3H3. The molecule has 0 spiro atoms. The van der Waals surface area contributed by atoms with Crippen molar-refractivity contribution in [3.63, 3.8) is 0 Å². The average Bonchev–Trinajstić information content (AvgIpc) is 2.36. The number of amides is 1. The van der Waals surface area contributed by atoms with Crippen LogP contribution in [0.5, 0.6) is 0 Å². The molecule has 0 heterocycles. The molecule has 0 aliphatic rings. The number of carbonyl (C=O) groups excluding carboxylic acids is 1. The summed E-state index contributed by atoms with van der Waals surface area (Å²) in [5.74, 6) is -0.344. The van der Waals surface area contributed by atoms with Gasteiger partial charge in [0, 0.05) is 42.0 Å². The van der Waals surface area contributed by atoms with E-state index in [2.05, 4.69) is 0 Å². The number of hydrogen-bond donors (Lipinski definition) is 0. The van der Waals surface area contributed by atoms with Gasteiger partial charge in [-0.25, -0.2) is 8.42 Å². The summed E-state index contributed by atoms with van der Waals surface area (Å²) in [6.07, 6.45) is 0. The quantitative estimate of drug-likeness (QED) is 0.772. The number of hydrogen-bond acceptors (Lipinski definition) is 4. The lowest BCUT2D eigenvalue weighted by molar-refractivity contribution is 0.0743. The number of rotatable bonds is 5. The minimum absolute atomic E-state index is 0.137. The Labute approximate surface area is 127 Å². The zero-order valence-corrected chi connectivity index (χ0v) is 13.6. The number of ether oxygens (including phenoxy) is 1. The van der Waals surface area contributed by atoms with Crippen molar-refractivity contribution in [2.75, 3.05) is 27.3 Å². The van der Waals surface area contributed by atoms with Crippen LogP contribution in [-0.2, 0) is 13.8 Å². The summed E-state index contributed by atoms with van der Waals surface area (Å²) < 4.78 is 27.9. The van der Waals surface area contributed by atoms with Crippen molar-refractivity contribution in [3.8, 4) is 0 Å². The number of nitrogens with zero attached hydrogens (tertiary/aromatic N) is 1. The first-order valence-corrected chi connectivity index (χ1v) is 8.36. The molecule has 112 valence electrons. The molecule has 0 fully saturated rings. The maximum Gasteiger partial charge on any atom is 0.261 e. The van der Waals surface area contributed by atoms with E-state index in [4.69, 9.17) is 27.0 Å². The summed E-state index contributed by atoms with van der Waals surface area (Å²) in [7, 11) is 4.50. The van der Waals surface area contributed by atoms with Crippen LogP contribution in [0.4, 0.5) is 0 Å². The van der Waals surface area contributed by atoms with E-state index in [1.807, 2.05) is 0 Å². The van der Waals surface area contributed by atoms with Gasteiger partial charge in [0.05, 0.1) is 11.5 Å². The first-order valence-electron chi connectivity index (χ1n) is 5.67. The van der Waals surface area contributed by atoms with Crippen LogP contribution in [0.2, 0.25) is 5.02 Å². The van der Waals surface area contributed by atoms with Gasteiger partial charge in [0.15, 0.2) is 0 Å². The minimum atomic E-state index is -3.96. The van der Waals surface area contributed by atoms with Crippen LogP contribution >= 0.6 is 22.3 Å². The molecular formula is C12H15Cl2NO4S. The van der Waals surface area contributed by atoms with Crippen LogP contribution in [0.1, 0.15) is 15.9 Å². The van der Waals surface area contributed by atoms with Crippen molar-refractivity contribution in [3.05, 3.63) is 28.3 Å². The lowest BCUT2D eigenvalue weighted by atomic mass is 10.1. The first-order chi connectivity index (χ1) is 9.18. The van der Waals surface area contributed by atoms with Gasteiger partial charge in [0.2, 0.25) is 0 Å². The molecule has 0 atom stereocenters. The van der Waals surface area contributed by atoms with Crippen LogP contribution in [-0.4, -0.2) is 46.5 Å². The molecule has 0 N–H and O–H groups in total. The molecule has 1 amide bonds. The maximum absolute atomic E-state index is 12.3. The molecule has 1 rings (SSSR count). The highest BCUT2D eigenvalue weighted by Gasteiger charge is 2.22. The smallest absolute Gasteiger partial charge is 0.261 e. The van der Waals surface area contributed by atoms with Crippen LogP contribution in [0.15, 0.2) is 17.0 Å². The van der Waals surface area contributed by atoms with E-state index in [-0.39, 0.29) is 27.0 Å². The Morgan fingerprint density at radius 2 is 2.00 bits per heavy atom. The second kappa shape index (κ2) is 6.76. The van der Waals surface area contributed by atoms with Crippen LogP contribution in [0, 0.1) is 6.92 Å². The van der Waals surface area contributed by atoms with Crippen molar-refractivity contribution < 1.29 is 17.9 Å². The molecule has 5 nitrogen and oxygen atoms in total. The van der Waals surface area contributed by atoms with E-state index in [0.717, 1.165) is 0 Å². The Balaban J connectivity index is 3.26. The van der Waals surface area contributed by atoms with E-state index >= 15 is 0 Å². The molecule has 0 aliphatic carbocycles. The molecule has 20 heavy (non-hydrogen) atoms. The third kappa shape index (κ3) is 4.09. The zero-order chi connectivity index (χ0) is 15.5. The fraction of sp³-hybridized carbons (Fsp3) is 0.417. The Kier molecular flexibility index (Phi) is 5.82. The van der Waals surface area contributed by atoms with Crippen molar-refractivity contribution in [2.24, 2.45) is 0 Å². The van der Waals surface area contributed by atoms with Gasteiger partial charge in [-0.15, -0.1) is 0 Å². The third-order valence-electron chi connectivity index (χ3n) is 2.80. The molecule has 0 bridgehead atoms. The van der Waals surface area contributed by atoms with Gasteiger partial charge in [0.25, 0.3) is 15.0 Å². The van der Waals surface area contributed by atoms with Gasteiger partial charge in [-0.05, 0) is 24.6 Å². The molecule has 0 unspecified atom stereocenters. The van der Waals surface area contributed by atoms with Crippen molar-refractivity contribution in [1.29, 1.82) is 0 Å². The molecule has 0 radical (unpaired) electrons. The van der Waals surface area contributed by atoms with Crippen molar-refractivity contribution >= 4 is 37.2 Å². The zero-order valence-electron chi connectivity index (χ0n) is 11.3. The van der Waals surface area contributed by atoms with E-state index < -0.39 is 9.05 Å².